The highest BCUT2D eigenvalue weighted by molar-refractivity contribution is 6.08. The van der Waals surface area contributed by atoms with Gasteiger partial charge in [-0.25, -0.2) is 9.97 Å². The van der Waals surface area contributed by atoms with Gasteiger partial charge >= 0.3 is 0 Å². The van der Waals surface area contributed by atoms with Crippen LogP contribution in [0.25, 0.3) is 77.1 Å². The number of benzene rings is 5. The van der Waals surface area contributed by atoms with E-state index < -0.39 is 0 Å². The molecule has 0 unspecified atom stereocenters. The summed E-state index contributed by atoms with van der Waals surface area (Å²) in [4.78, 5) is 15.4. The molecule has 3 nitrogen and oxygen atoms in total. The summed E-state index contributed by atoms with van der Waals surface area (Å²) in [6, 6.07) is 38.7. The Morgan fingerprint density at radius 3 is 1.82 bits per heavy atom. The van der Waals surface area contributed by atoms with E-state index in [0.717, 1.165) is 55.6 Å². The van der Waals surface area contributed by atoms with Crippen molar-refractivity contribution in [1.82, 2.24) is 15.0 Å². The Balaban J connectivity index is 1.37. The first kappa shape index (κ1) is 26.2. The van der Waals surface area contributed by atoms with E-state index in [9.17, 15) is 0 Å². The van der Waals surface area contributed by atoms with Gasteiger partial charge in [0.15, 0.2) is 0 Å². The average Bonchev–Trinajstić information content (AvgIpc) is 3.07. The largest absolute Gasteiger partial charge is 0.256 e. The molecule has 0 saturated carbocycles. The minimum atomic E-state index is 0.951. The lowest BCUT2D eigenvalue weighted by Crippen LogP contribution is -2.00. The summed E-state index contributed by atoms with van der Waals surface area (Å²) < 4.78 is 0. The average molecular weight is 566 g/mol. The fraction of sp³-hybridized carbons (Fsp3) is 0.0976. The van der Waals surface area contributed by atoms with Crippen LogP contribution in [0.2, 0.25) is 0 Å². The lowest BCUT2D eigenvalue weighted by atomic mass is 9.93. The van der Waals surface area contributed by atoms with Crippen molar-refractivity contribution < 1.29 is 0 Å². The zero-order valence-electron chi connectivity index (χ0n) is 25.3. The van der Waals surface area contributed by atoms with E-state index in [1.54, 1.807) is 0 Å². The van der Waals surface area contributed by atoms with E-state index in [1.807, 2.05) is 18.3 Å². The third-order valence-corrected chi connectivity index (χ3v) is 9.36. The maximum Gasteiger partial charge on any atom is 0.0975 e. The van der Waals surface area contributed by atoms with Crippen molar-refractivity contribution >= 4 is 43.4 Å². The molecule has 0 spiro atoms. The molecule has 0 aliphatic rings. The fourth-order valence-corrected chi connectivity index (χ4v) is 6.62. The zero-order chi connectivity index (χ0) is 29.9. The van der Waals surface area contributed by atoms with Crippen LogP contribution >= 0.6 is 0 Å². The summed E-state index contributed by atoms with van der Waals surface area (Å²) >= 11 is 0. The highest BCUT2D eigenvalue weighted by Crippen LogP contribution is 2.38. The minimum Gasteiger partial charge on any atom is -0.256 e. The Kier molecular flexibility index (Phi) is 6.02. The van der Waals surface area contributed by atoms with Gasteiger partial charge in [-0.3, -0.25) is 4.98 Å². The molecule has 0 N–H and O–H groups in total. The van der Waals surface area contributed by atoms with E-state index in [1.165, 1.54) is 43.8 Å². The zero-order valence-corrected chi connectivity index (χ0v) is 25.3. The molecular weight excluding hydrogens is 534 g/mol. The van der Waals surface area contributed by atoms with Crippen LogP contribution in [-0.4, -0.2) is 15.0 Å². The Hall–Kier alpha value is -5.41. The minimum absolute atomic E-state index is 0.951. The van der Waals surface area contributed by atoms with E-state index >= 15 is 0 Å². The lowest BCUT2D eigenvalue weighted by molar-refractivity contribution is 1.26. The van der Waals surface area contributed by atoms with Gasteiger partial charge in [0.25, 0.3) is 0 Å². The maximum atomic E-state index is 5.42. The van der Waals surface area contributed by atoms with Crippen LogP contribution in [0.1, 0.15) is 22.3 Å². The van der Waals surface area contributed by atoms with Crippen molar-refractivity contribution in [3.05, 3.63) is 138 Å². The fourth-order valence-electron chi connectivity index (χ4n) is 6.62. The number of rotatable bonds is 3. The first-order valence-corrected chi connectivity index (χ1v) is 15.1. The quantitative estimate of drug-likeness (QED) is 0.200. The van der Waals surface area contributed by atoms with Crippen molar-refractivity contribution in [2.45, 2.75) is 27.7 Å². The predicted octanol–water partition coefficient (Wildman–Crippen LogP) is 10.7. The van der Waals surface area contributed by atoms with Gasteiger partial charge in [-0.2, -0.15) is 0 Å². The number of nitrogens with zero attached hydrogens (tertiary/aromatic N) is 3. The molecule has 0 fully saturated rings. The van der Waals surface area contributed by atoms with Gasteiger partial charge in [0, 0.05) is 33.7 Å². The van der Waals surface area contributed by atoms with Crippen LogP contribution in [-0.2, 0) is 0 Å². The van der Waals surface area contributed by atoms with Gasteiger partial charge in [-0.1, -0.05) is 84.9 Å². The second kappa shape index (κ2) is 10.1. The van der Waals surface area contributed by atoms with E-state index in [2.05, 4.69) is 130 Å². The van der Waals surface area contributed by atoms with Gasteiger partial charge in [0.1, 0.15) is 0 Å². The summed E-state index contributed by atoms with van der Waals surface area (Å²) in [7, 11) is 0. The number of aromatic nitrogens is 3. The lowest BCUT2D eigenvalue weighted by Gasteiger charge is -2.17. The third-order valence-electron chi connectivity index (χ3n) is 9.36. The van der Waals surface area contributed by atoms with Crippen molar-refractivity contribution in [1.29, 1.82) is 0 Å². The van der Waals surface area contributed by atoms with Crippen LogP contribution in [0.15, 0.2) is 115 Å². The van der Waals surface area contributed by atoms with E-state index in [0.29, 0.717) is 0 Å². The maximum absolute atomic E-state index is 5.42. The molecule has 0 saturated heterocycles. The molecular formula is C41H31N3. The molecule has 8 rings (SSSR count). The molecule has 0 radical (unpaired) electrons. The summed E-state index contributed by atoms with van der Waals surface area (Å²) in [6.07, 6.45) is 1.84. The van der Waals surface area contributed by atoms with Crippen LogP contribution in [0, 0.1) is 27.7 Å². The molecule has 3 aromatic heterocycles. The van der Waals surface area contributed by atoms with E-state index in [-0.39, 0.29) is 0 Å². The number of hydrogen-bond donors (Lipinski definition) is 0. The molecule has 3 heteroatoms. The first-order valence-electron chi connectivity index (χ1n) is 15.1. The molecule has 0 aliphatic carbocycles. The molecule has 0 atom stereocenters. The molecule has 0 bridgehead atoms. The van der Waals surface area contributed by atoms with Gasteiger partial charge in [0.05, 0.1) is 28.1 Å². The third kappa shape index (κ3) is 4.08. The van der Waals surface area contributed by atoms with Crippen LogP contribution < -0.4 is 0 Å². The molecule has 3 heterocycles. The smallest absolute Gasteiger partial charge is 0.0975 e. The van der Waals surface area contributed by atoms with Gasteiger partial charge < -0.3 is 0 Å². The summed E-state index contributed by atoms with van der Waals surface area (Å²) in [5, 5.41) is 7.10. The van der Waals surface area contributed by atoms with Crippen molar-refractivity contribution in [3.63, 3.8) is 0 Å². The molecule has 210 valence electrons. The SMILES string of the molecule is Cc1c(-c2ccc3ccc(-c4ccccn4)cc3c2)nc2c(ccc3c(C)c(C)c(-c4cccc5ccccc45)nc32)c1C. The van der Waals surface area contributed by atoms with Gasteiger partial charge in [0.2, 0.25) is 0 Å². The monoisotopic (exact) mass is 565 g/mol. The van der Waals surface area contributed by atoms with Gasteiger partial charge in [-0.15, -0.1) is 0 Å². The number of fused-ring (bicyclic) bond motifs is 5. The van der Waals surface area contributed by atoms with Gasteiger partial charge in [-0.05, 0) is 95.8 Å². The standard InChI is InChI=1S/C41H31N3/c1-24-26(3)38(31-18-16-28-15-17-30(22-32(28)23-31)37-14-7-8-21-42-37)43-40-33(24)19-20-34-25(2)27(4)39(44-41(34)40)36-13-9-11-29-10-5-6-12-35(29)36/h5-23H,1-4H3. The molecule has 0 aliphatic heterocycles. The second-order valence-electron chi connectivity index (χ2n) is 11.8. The molecule has 44 heavy (non-hydrogen) atoms. The molecule has 8 aromatic rings. The Bertz CT molecular complexity index is 2420. The molecule has 0 amide bonds. The summed E-state index contributed by atoms with van der Waals surface area (Å²) in [6.45, 7) is 8.80. The number of pyridine rings is 3. The first-order chi connectivity index (χ1) is 21.5. The summed E-state index contributed by atoms with van der Waals surface area (Å²) in [5.74, 6) is 0. The normalized spacial score (nSPS) is 11.6. The van der Waals surface area contributed by atoms with E-state index in [4.69, 9.17) is 9.97 Å². The Morgan fingerprint density at radius 2 is 1.07 bits per heavy atom. The Morgan fingerprint density at radius 1 is 0.432 bits per heavy atom. The van der Waals surface area contributed by atoms with Crippen molar-refractivity contribution in [2.75, 3.05) is 0 Å². The second-order valence-corrected chi connectivity index (χ2v) is 11.8. The van der Waals surface area contributed by atoms with Crippen molar-refractivity contribution in [2.24, 2.45) is 0 Å². The topological polar surface area (TPSA) is 38.7 Å². The van der Waals surface area contributed by atoms with Crippen molar-refractivity contribution in [3.8, 4) is 33.8 Å². The predicted molar refractivity (Wildman–Crippen MR) is 185 cm³/mol. The molecule has 5 aromatic carbocycles. The Labute approximate surface area is 256 Å². The highest BCUT2D eigenvalue weighted by atomic mass is 14.8. The summed E-state index contributed by atoms with van der Waals surface area (Å²) in [5.41, 5.74) is 13.1. The van der Waals surface area contributed by atoms with Crippen LogP contribution in [0.5, 0.6) is 0 Å². The highest BCUT2D eigenvalue weighted by Gasteiger charge is 2.18. The van der Waals surface area contributed by atoms with Crippen LogP contribution in [0.3, 0.4) is 0 Å². The van der Waals surface area contributed by atoms with Crippen LogP contribution in [0.4, 0.5) is 0 Å². The number of hydrogen-bond acceptors (Lipinski definition) is 3. The number of aryl methyl sites for hydroxylation is 2.